The zero-order valence-corrected chi connectivity index (χ0v) is 19.2. The molecule has 0 amide bonds. The largest absolute Gasteiger partial charge is 0.384 e. The van der Waals surface area contributed by atoms with E-state index < -0.39 is 10.7 Å². The van der Waals surface area contributed by atoms with Crippen LogP contribution in [0.15, 0.2) is 30.7 Å². The molecular weight excluding hydrogens is 444 g/mol. The van der Waals surface area contributed by atoms with E-state index in [1.54, 1.807) is 12.3 Å². The van der Waals surface area contributed by atoms with Crippen LogP contribution in [0.2, 0.25) is 0 Å². The molecule has 176 valence electrons. The number of fused-ring (bicyclic) bond motifs is 1. The number of anilines is 2. The Morgan fingerprint density at radius 2 is 1.73 bits per heavy atom. The molecule has 11 nitrogen and oxygen atoms in total. The van der Waals surface area contributed by atoms with E-state index in [0.29, 0.717) is 25.6 Å². The molecule has 0 saturated carbocycles. The number of imidazole rings is 1. The smallest absolute Gasteiger partial charge is 0.180 e. The highest BCUT2D eigenvalue weighted by atomic mass is 32.2. The summed E-state index contributed by atoms with van der Waals surface area (Å²) in [6.07, 6.45) is 5.77. The van der Waals surface area contributed by atoms with Crippen molar-refractivity contribution in [3.63, 3.8) is 0 Å². The number of nitrogen functional groups attached to an aromatic ring is 1. The minimum Gasteiger partial charge on any atom is -0.384 e. The van der Waals surface area contributed by atoms with Gasteiger partial charge >= 0.3 is 0 Å². The third-order valence-electron chi connectivity index (χ3n) is 6.03. The number of morpholine rings is 1. The van der Waals surface area contributed by atoms with Crippen molar-refractivity contribution in [2.24, 2.45) is 0 Å². The second kappa shape index (κ2) is 9.59. The normalized spacial score (nSPS) is 18.4. The predicted molar refractivity (Wildman–Crippen MR) is 126 cm³/mol. The van der Waals surface area contributed by atoms with Gasteiger partial charge in [-0.05, 0) is 12.1 Å². The van der Waals surface area contributed by atoms with Crippen LogP contribution >= 0.6 is 0 Å². The van der Waals surface area contributed by atoms with Crippen molar-refractivity contribution < 1.29 is 13.2 Å². The summed E-state index contributed by atoms with van der Waals surface area (Å²) >= 11 is 0. The van der Waals surface area contributed by atoms with Gasteiger partial charge in [0, 0.05) is 70.0 Å². The standard InChI is InChI=1S/C21H28N8O3S/c22-19-2-1-16(11-23-19)18-14-29-13-17(12-26-3-5-27(6-4-26)15-33(30)31)24-20(29)21(25-18)28-7-9-32-10-8-28/h1-2,11,13-14,33H,3-10,12,15H2,(H2,22,23). The topological polar surface area (TPSA) is 122 Å². The van der Waals surface area contributed by atoms with E-state index >= 15 is 0 Å². The number of rotatable bonds is 6. The van der Waals surface area contributed by atoms with E-state index in [9.17, 15) is 8.42 Å². The van der Waals surface area contributed by atoms with Crippen molar-refractivity contribution in [3.05, 3.63) is 36.4 Å². The van der Waals surface area contributed by atoms with Gasteiger partial charge in [0.25, 0.3) is 0 Å². The summed E-state index contributed by atoms with van der Waals surface area (Å²) in [5.41, 5.74) is 9.24. The van der Waals surface area contributed by atoms with Crippen molar-refractivity contribution in [1.29, 1.82) is 0 Å². The Bertz CT molecular complexity index is 1170. The zero-order chi connectivity index (χ0) is 22.8. The highest BCUT2D eigenvalue weighted by Crippen LogP contribution is 2.26. The molecule has 0 aliphatic carbocycles. The average Bonchev–Trinajstić information content (AvgIpc) is 3.23. The fraction of sp³-hybridized carbons (Fsp3) is 0.476. The van der Waals surface area contributed by atoms with E-state index in [4.69, 9.17) is 20.4 Å². The Kier molecular flexibility index (Phi) is 6.40. The summed E-state index contributed by atoms with van der Waals surface area (Å²) in [7, 11) is -2.37. The number of nitrogens with two attached hydrogens (primary N) is 1. The molecule has 12 heteroatoms. The van der Waals surface area contributed by atoms with Crippen LogP contribution in [0.25, 0.3) is 16.9 Å². The SMILES string of the molecule is Nc1ccc(-c2cn3cc(CN4CCN(C[SH](=O)=O)CC4)nc3c(N3CCOCC3)n2)cn1. The molecule has 0 unspecified atom stereocenters. The molecular formula is C21H28N8O3S. The van der Waals surface area contributed by atoms with Crippen molar-refractivity contribution in [1.82, 2.24) is 29.2 Å². The van der Waals surface area contributed by atoms with Gasteiger partial charge in [-0.15, -0.1) is 0 Å². The molecule has 0 radical (unpaired) electrons. The third kappa shape index (κ3) is 5.08. The molecule has 5 rings (SSSR count). The Morgan fingerprint density at radius 3 is 2.42 bits per heavy atom. The quantitative estimate of drug-likeness (QED) is 0.470. The van der Waals surface area contributed by atoms with Gasteiger partial charge in [0.1, 0.15) is 5.82 Å². The van der Waals surface area contributed by atoms with Crippen molar-refractivity contribution in [2.75, 3.05) is 69.0 Å². The van der Waals surface area contributed by atoms with Crippen LogP contribution in [0, 0.1) is 0 Å². The van der Waals surface area contributed by atoms with Gasteiger partial charge in [0.2, 0.25) is 0 Å². The number of pyridine rings is 1. The summed E-state index contributed by atoms with van der Waals surface area (Å²) in [5.74, 6) is 1.44. The van der Waals surface area contributed by atoms with Gasteiger partial charge < -0.3 is 19.8 Å². The van der Waals surface area contributed by atoms with E-state index in [2.05, 4.69) is 21.0 Å². The van der Waals surface area contributed by atoms with Crippen LogP contribution in [0.4, 0.5) is 11.6 Å². The molecule has 0 aromatic carbocycles. The maximum atomic E-state index is 11.0. The van der Waals surface area contributed by atoms with Gasteiger partial charge in [-0.1, -0.05) is 0 Å². The number of hydrogen-bond donors (Lipinski definition) is 2. The number of aromatic nitrogens is 4. The van der Waals surface area contributed by atoms with Crippen LogP contribution in [0.5, 0.6) is 0 Å². The van der Waals surface area contributed by atoms with E-state index in [1.165, 1.54) is 0 Å². The fourth-order valence-corrected chi connectivity index (χ4v) is 4.88. The number of nitrogens with zero attached hydrogens (tertiary/aromatic N) is 7. The fourth-order valence-electron chi connectivity index (χ4n) is 4.27. The summed E-state index contributed by atoms with van der Waals surface area (Å²) in [6.45, 7) is 6.67. The lowest BCUT2D eigenvalue weighted by atomic mass is 10.2. The lowest BCUT2D eigenvalue weighted by Crippen LogP contribution is -2.46. The number of piperazine rings is 1. The Labute approximate surface area is 193 Å². The van der Waals surface area contributed by atoms with Crippen LogP contribution < -0.4 is 10.6 Å². The lowest BCUT2D eigenvalue weighted by molar-refractivity contribution is 0.122. The van der Waals surface area contributed by atoms with Crippen molar-refractivity contribution >= 4 is 28.0 Å². The molecule has 0 spiro atoms. The van der Waals surface area contributed by atoms with E-state index in [-0.39, 0.29) is 5.88 Å². The number of hydrogen-bond acceptors (Lipinski definition) is 10. The van der Waals surface area contributed by atoms with Crippen LogP contribution in [0.1, 0.15) is 5.69 Å². The molecule has 0 atom stereocenters. The Hall–Kier alpha value is -2.80. The average molecular weight is 473 g/mol. The van der Waals surface area contributed by atoms with Gasteiger partial charge in [-0.25, -0.2) is 23.4 Å². The monoisotopic (exact) mass is 472 g/mol. The van der Waals surface area contributed by atoms with E-state index in [1.807, 2.05) is 21.6 Å². The second-order valence-corrected chi connectivity index (χ2v) is 9.30. The van der Waals surface area contributed by atoms with Gasteiger partial charge in [-0.3, -0.25) is 9.80 Å². The van der Waals surface area contributed by atoms with Gasteiger partial charge in [0.15, 0.2) is 22.2 Å². The lowest BCUT2D eigenvalue weighted by Gasteiger charge is -2.32. The van der Waals surface area contributed by atoms with Crippen LogP contribution in [0.3, 0.4) is 0 Å². The molecule has 2 fully saturated rings. The number of ether oxygens (including phenoxy) is 1. The third-order valence-corrected chi connectivity index (χ3v) is 6.66. The minimum absolute atomic E-state index is 0.134. The highest BCUT2D eigenvalue weighted by Gasteiger charge is 2.22. The molecule has 2 aliphatic heterocycles. The maximum Gasteiger partial charge on any atom is 0.180 e. The molecule has 3 aromatic heterocycles. The molecule has 5 heterocycles. The molecule has 2 saturated heterocycles. The summed E-state index contributed by atoms with van der Waals surface area (Å²) in [6, 6.07) is 3.70. The van der Waals surface area contributed by atoms with Gasteiger partial charge in [-0.2, -0.15) is 0 Å². The van der Waals surface area contributed by atoms with Gasteiger partial charge in [0.05, 0.1) is 30.5 Å². The summed E-state index contributed by atoms with van der Waals surface area (Å²) in [5, 5.41) is 0. The summed E-state index contributed by atoms with van der Waals surface area (Å²) < 4.78 is 29.5. The first-order valence-corrected chi connectivity index (χ1v) is 12.4. The predicted octanol–water partition coefficient (Wildman–Crippen LogP) is -0.103. The first-order chi connectivity index (χ1) is 16.0. The van der Waals surface area contributed by atoms with E-state index in [0.717, 1.165) is 67.7 Å². The van der Waals surface area contributed by atoms with Crippen LogP contribution in [-0.2, 0) is 22.0 Å². The first-order valence-electron chi connectivity index (χ1n) is 11.0. The molecule has 0 bridgehead atoms. The zero-order valence-electron chi connectivity index (χ0n) is 18.3. The molecule has 2 N–H and O–H groups in total. The Morgan fingerprint density at radius 1 is 0.970 bits per heavy atom. The Balaban J connectivity index is 1.42. The number of thiol groups is 1. The van der Waals surface area contributed by atoms with Crippen molar-refractivity contribution in [2.45, 2.75) is 6.54 Å². The second-order valence-electron chi connectivity index (χ2n) is 8.35. The molecule has 33 heavy (non-hydrogen) atoms. The van der Waals surface area contributed by atoms with Crippen LogP contribution in [-0.4, -0.2) is 95.9 Å². The van der Waals surface area contributed by atoms with Crippen molar-refractivity contribution in [3.8, 4) is 11.3 Å². The highest BCUT2D eigenvalue weighted by molar-refractivity contribution is 7.72. The molecule has 2 aliphatic rings. The minimum atomic E-state index is -2.37. The summed E-state index contributed by atoms with van der Waals surface area (Å²) in [4.78, 5) is 20.6. The first kappa shape index (κ1) is 22.0. The maximum absolute atomic E-state index is 11.0. The molecule has 3 aromatic rings.